The van der Waals surface area contributed by atoms with Crippen LogP contribution in [0.2, 0.25) is 0 Å². The predicted octanol–water partition coefficient (Wildman–Crippen LogP) is 2.48. The third-order valence-electron chi connectivity index (χ3n) is 4.08. The van der Waals surface area contributed by atoms with Gasteiger partial charge in [0.15, 0.2) is 5.82 Å². The van der Waals surface area contributed by atoms with Crippen molar-refractivity contribution in [3.05, 3.63) is 16.8 Å². The van der Waals surface area contributed by atoms with Gasteiger partial charge < -0.3 is 9.64 Å². The highest BCUT2D eigenvalue weighted by Crippen LogP contribution is 2.26. The van der Waals surface area contributed by atoms with Crippen molar-refractivity contribution < 1.29 is 4.74 Å². The lowest BCUT2D eigenvalue weighted by Gasteiger charge is -2.33. The van der Waals surface area contributed by atoms with Gasteiger partial charge in [-0.1, -0.05) is 13.8 Å². The minimum Gasteiger partial charge on any atom is -0.378 e. The van der Waals surface area contributed by atoms with Crippen LogP contribution in [0.15, 0.2) is 0 Å². The van der Waals surface area contributed by atoms with E-state index >= 15 is 0 Å². The predicted molar refractivity (Wildman–Crippen MR) is 82.4 cm³/mol. The maximum atomic E-state index is 9.55. The minimum absolute atomic E-state index is 0.338. The lowest BCUT2D eigenvalue weighted by atomic mass is 10.0. The van der Waals surface area contributed by atoms with Crippen LogP contribution in [-0.2, 0) is 17.6 Å². The van der Waals surface area contributed by atoms with Gasteiger partial charge in [0.25, 0.3) is 0 Å². The molecule has 0 amide bonds. The lowest BCUT2D eigenvalue weighted by Crippen LogP contribution is -2.38. The smallest absolute Gasteiger partial charge is 0.169 e. The topological polar surface area (TPSA) is 62.0 Å². The summed E-state index contributed by atoms with van der Waals surface area (Å²) in [5.41, 5.74) is 2.71. The van der Waals surface area contributed by atoms with Crippen LogP contribution in [0.5, 0.6) is 0 Å². The first kappa shape index (κ1) is 15.7. The second-order valence-electron chi connectivity index (χ2n) is 5.28. The number of aromatic nitrogens is 2. The summed E-state index contributed by atoms with van der Waals surface area (Å²) in [7, 11) is 0. The molecule has 5 heteroatoms. The van der Waals surface area contributed by atoms with Gasteiger partial charge in [0, 0.05) is 19.7 Å². The van der Waals surface area contributed by atoms with E-state index in [4.69, 9.17) is 4.74 Å². The van der Waals surface area contributed by atoms with E-state index in [9.17, 15) is 5.26 Å². The minimum atomic E-state index is 0.338. The molecule has 1 aliphatic rings. The van der Waals surface area contributed by atoms with E-state index in [0.717, 1.165) is 62.5 Å². The highest BCUT2D eigenvalue weighted by molar-refractivity contribution is 5.58. The molecule has 0 N–H and O–H groups in total. The molecule has 2 rings (SSSR count). The van der Waals surface area contributed by atoms with Gasteiger partial charge in [-0.05, 0) is 38.2 Å². The lowest BCUT2D eigenvalue weighted by molar-refractivity contribution is 0.0458. The highest BCUT2D eigenvalue weighted by atomic mass is 16.5. The standard InChI is InChI=1S/C16H24N4O/c1-4-13-14(11-17)16(19-18-15(13)5-2)20-9-7-12(8-10-20)21-6-3/h12H,4-10H2,1-3H3. The number of ether oxygens (including phenoxy) is 1. The molecule has 0 radical (unpaired) electrons. The number of aryl methyl sites for hydroxylation is 1. The van der Waals surface area contributed by atoms with Gasteiger partial charge >= 0.3 is 0 Å². The molecule has 1 fully saturated rings. The summed E-state index contributed by atoms with van der Waals surface area (Å²) in [6, 6.07) is 2.35. The van der Waals surface area contributed by atoms with Crippen molar-refractivity contribution in [2.45, 2.75) is 52.6 Å². The number of hydrogen-bond acceptors (Lipinski definition) is 5. The fourth-order valence-corrected chi connectivity index (χ4v) is 2.97. The molecule has 0 spiro atoms. The first-order valence-electron chi connectivity index (χ1n) is 7.90. The molecule has 0 atom stereocenters. The van der Waals surface area contributed by atoms with Gasteiger partial charge in [0.1, 0.15) is 11.6 Å². The Labute approximate surface area is 126 Å². The Kier molecular flexibility index (Phi) is 5.51. The Morgan fingerprint density at radius 2 is 1.90 bits per heavy atom. The number of nitriles is 1. The number of nitrogens with zero attached hydrogens (tertiary/aromatic N) is 4. The summed E-state index contributed by atoms with van der Waals surface area (Å²) in [4.78, 5) is 2.18. The quantitative estimate of drug-likeness (QED) is 0.833. The Balaban J connectivity index is 2.23. The molecule has 0 aliphatic carbocycles. The zero-order valence-corrected chi connectivity index (χ0v) is 13.2. The molecular formula is C16H24N4O. The maximum Gasteiger partial charge on any atom is 0.169 e. The second-order valence-corrected chi connectivity index (χ2v) is 5.28. The van der Waals surface area contributed by atoms with Crippen molar-refractivity contribution in [3.63, 3.8) is 0 Å². The fourth-order valence-electron chi connectivity index (χ4n) is 2.97. The Morgan fingerprint density at radius 1 is 1.19 bits per heavy atom. The van der Waals surface area contributed by atoms with Crippen LogP contribution >= 0.6 is 0 Å². The van der Waals surface area contributed by atoms with E-state index in [1.165, 1.54) is 0 Å². The van der Waals surface area contributed by atoms with E-state index in [-0.39, 0.29) is 0 Å². The van der Waals surface area contributed by atoms with Crippen LogP contribution in [0.4, 0.5) is 5.82 Å². The number of anilines is 1. The van der Waals surface area contributed by atoms with Gasteiger partial charge in [-0.3, -0.25) is 0 Å². The number of piperidine rings is 1. The van der Waals surface area contributed by atoms with Gasteiger partial charge in [-0.25, -0.2) is 0 Å². The van der Waals surface area contributed by atoms with Crippen molar-refractivity contribution in [3.8, 4) is 6.07 Å². The third kappa shape index (κ3) is 3.33. The van der Waals surface area contributed by atoms with Gasteiger partial charge in [0.05, 0.1) is 11.8 Å². The molecule has 0 unspecified atom stereocenters. The summed E-state index contributed by atoms with van der Waals surface area (Å²) >= 11 is 0. The molecule has 0 aromatic carbocycles. The summed E-state index contributed by atoms with van der Waals surface area (Å²) < 4.78 is 5.68. The highest BCUT2D eigenvalue weighted by Gasteiger charge is 2.24. The summed E-state index contributed by atoms with van der Waals surface area (Å²) in [5.74, 6) is 0.751. The molecule has 114 valence electrons. The van der Waals surface area contributed by atoms with Crippen LogP contribution in [0.1, 0.15) is 50.4 Å². The Bertz CT molecular complexity index is 516. The molecule has 5 nitrogen and oxygen atoms in total. The van der Waals surface area contributed by atoms with Crippen LogP contribution < -0.4 is 4.90 Å². The monoisotopic (exact) mass is 288 g/mol. The van der Waals surface area contributed by atoms with Crippen molar-refractivity contribution in [1.29, 1.82) is 5.26 Å². The van der Waals surface area contributed by atoms with Crippen LogP contribution in [0, 0.1) is 11.3 Å². The molecular weight excluding hydrogens is 264 g/mol. The van der Waals surface area contributed by atoms with E-state index in [1.807, 2.05) is 6.92 Å². The van der Waals surface area contributed by atoms with Crippen molar-refractivity contribution in [2.24, 2.45) is 0 Å². The zero-order chi connectivity index (χ0) is 15.2. The number of hydrogen-bond donors (Lipinski definition) is 0. The van der Waals surface area contributed by atoms with Gasteiger partial charge in [0.2, 0.25) is 0 Å². The zero-order valence-electron chi connectivity index (χ0n) is 13.2. The molecule has 0 bridgehead atoms. The molecule has 1 aromatic heterocycles. The van der Waals surface area contributed by atoms with Crippen molar-refractivity contribution >= 4 is 5.82 Å². The SMILES string of the molecule is CCOC1CCN(c2nnc(CC)c(CC)c2C#N)CC1. The van der Waals surface area contributed by atoms with Crippen LogP contribution in [0.25, 0.3) is 0 Å². The third-order valence-corrected chi connectivity index (χ3v) is 4.08. The van der Waals surface area contributed by atoms with Crippen molar-refractivity contribution in [2.75, 3.05) is 24.6 Å². The summed E-state index contributed by atoms with van der Waals surface area (Å²) in [5, 5.41) is 18.2. The molecule has 2 heterocycles. The molecule has 1 aromatic rings. The number of rotatable bonds is 5. The summed E-state index contributed by atoms with van der Waals surface area (Å²) in [6.45, 7) is 8.67. The van der Waals surface area contributed by atoms with Crippen molar-refractivity contribution in [1.82, 2.24) is 10.2 Å². The fraction of sp³-hybridized carbons (Fsp3) is 0.688. The Hall–Kier alpha value is -1.67. The van der Waals surface area contributed by atoms with Gasteiger partial charge in [-0.2, -0.15) is 10.4 Å². The molecule has 21 heavy (non-hydrogen) atoms. The van der Waals surface area contributed by atoms with E-state index in [0.29, 0.717) is 11.7 Å². The first-order chi connectivity index (χ1) is 10.2. The Morgan fingerprint density at radius 3 is 2.43 bits per heavy atom. The van der Waals surface area contributed by atoms with Crippen LogP contribution in [-0.4, -0.2) is 36.0 Å². The van der Waals surface area contributed by atoms with E-state index < -0.39 is 0 Å². The molecule has 0 saturated carbocycles. The van der Waals surface area contributed by atoms with Crippen LogP contribution in [0.3, 0.4) is 0 Å². The average molecular weight is 288 g/mol. The first-order valence-corrected chi connectivity index (χ1v) is 7.90. The normalized spacial score (nSPS) is 16.0. The maximum absolute atomic E-state index is 9.55. The average Bonchev–Trinajstić information content (AvgIpc) is 2.54. The molecule has 1 saturated heterocycles. The second kappa shape index (κ2) is 7.37. The van der Waals surface area contributed by atoms with E-state index in [2.05, 4.69) is 35.0 Å². The summed E-state index contributed by atoms with van der Waals surface area (Å²) in [6.07, 6.45) is 3.95. The van der Waals surface area contributed by atoms with E-state index in [1.54, 1.807) is 0 Å². The largest absolute Gasteiger partial charge is 0.378 e. The van der Waals surface area contributed by atoms with Gasteiger partial charge in [-0.15, -0.1) is 5.10 Å². The molecule has 1 aliphatic heterocycles.